The number of rotatable bonds is 2. The van der Waals surface area contributed by atoms with Crippen LogP contribution in [0.3, 0.4) is 0 Å². The number of carbonyl (C=O) groups is 1. The molecule has 1 aliphatic rings. The van der Waals surface area contributed by atoms with E-state index in [-0.39, 0.29) is 5.91 Å². The molecule has 5 nitrogen and oxygen atoms in total. The highest BCUT2D eigenvalue weighted by atomic mass is 32.2. The minimum absolute atomic E-state index is 0.362. The van der Waals surface area contributed by atoms with Crippen molar-refractivity contribution in [1.29, 1.82) is 0 Å². The van der Waals surface area contributed by atoms with Crippen LogP contribution >= 0.6 is 0 Å². The Bertz CT molecular complexity index is 583. The van der Waals surface area contributed by atoms with Crippen molar-refractivity contribution in [3.8, 4) is 0 Å². The maximum Gasteiger partial charge on any atom is 0.245 e. The van der Waals surface area contributed by atoms with Crippen LogP contribution in [0.5, 0.6) is 0 Å². The van der Waals surface area contributed by atoms with E-state index in [2.05, 4.69) is 5.32 Å². The Morgan fingerprint density at radius 2 is 2.05 bits per heavy atom. The third-order valence-electron chi connectivity index (χ3n) is 3.37. The summed E-state index contributed by atoms with van der Waals surface area (Å²) >= 11 is 0. The van der Waals surface area contributed by atoms with Gasteiger partial charge in [0.2, 0.25) is 5.91 Å². The Balaban J connectivity index is 2.37. The summed E-state index contributed by atoms with van der Waals surface area (Å²) in [6, 6.07) is 7.57. The standard InChI is InChI=1S/C13H18N2O3S/c1-10(19(2,17)18)13(16)15-8-7-14-9-11-5-3-4-6-12(11)15/h3-6,10,14H,7-9H2,1-2H3. The number of sulfone groups is 1. The summed E-state index contributed by atoms with van der Waals surface area (Å²) in [5, 5.41) is 2.21. The first-order chi connectivity index (χ1) is 8.91. The molecular weight excluding hydrogens is 264 g/mol. The van der Waals surface area contributed by atoms with Gasteiger partial charge in [-0.3, -0.25) is 4.79 Å². The molecule has 1 amide bonds. The molecule has 1 unspecified atom stereocenters. The van der Waals surface area contributed by atoms with Crippen molar-refractivity contribution < 1.29 is 13.2 Å². The molecule has 1 aromatic carbocycles. The normalized spacial score (nSPS) is 17.5. The molecule has 0 aliphatic carbocycles. The van der Waals surface area contributed by atoms with E-state index in [1.165, 1.54) is 6.92 Å². The molecule has 0 bridgehead atoms. The summed E-state index contributed by atoms with van der Waals surface area (Å²) in [5.74, 6) is -0.362. The second kappa shape index (κ2) is 5.30. The molecule has 0 radical (unpaired) electrons. The highest BCUT2D eigenvalue weighted by molar-refractivity contribution is 7.92. The van der Waals surface area contributed by atoms with Crippen molar-refractivity contribution in [2.75, 3.05) is 24.2 Å². The van der Waals surface area contributed by atoms with E-state index >= 15 is 0 Å². The summed E-state index contributed by atoms with van der Waals surface area (Å²) in [6.45, 7) is 3.26. The van der Waals surface area contributed by atoms with E-state index < -0.39 is 15.1 Å². The molecule has 1 aliphatic heterocycles. The van der Waals surface area contributed by atoms with Gasteiger partial charge in [-0.15, -0.1) is 0 Å². The summed E-state index contributed by atoms with van der Waals surface area (Å²) < 4.78 is 23.1. The van der Waals surface area contributed by atoms with Gasteiger partial charge in [-0.2, -0.15) is 0 Å². The maximum absolute atomic E-state index is 12.4. The van der Waals surface area contributed by atoms with E-state index in [0.29, 0.717) is 19.6 Å². The van der Waals surface area contributed by atoms with Crippen LogP contribution in [0.1, 0.15) is 12.5 Å². The molecule has 1 heterocycles. The van der Waals surface area contributed by atoms with Crippen molar-refractivity contribution in [2.24, 2.45) is 0 Å². The largest absolute Gasteiger partial charge is 0.311 e. The number of hydrogen-bond acceptors (Lipinski definition) is 4. The highest BCUT2D eigenvalue weighted by Gasteiger charge is 2.30. The van der Waals surface area contributed by atoms with Crippen LogP contribution in [0.15, 0.2) is 24.3 Å². The van der Waals surface area contributed by atoms with Crippen molar-refractivity contribution in [3.05, 3.63) is 29.8 Å². The lowest BCUT2D eigenvalue weighted by Crippen LogP contribution is -2.43. The monoisotopic (exact) mass is 282 g/mol. The summed E-state index contributed by atoms with van der Waals surface area (Å²) in [6.07, 6.45) is 1.09. The molecular formula is C13H18N2O3S. The van der Waals surface area contributed by atoms with Crippen molar-refractivity contribution in [1.82, 2.24) is 5.32 Å². The predicted octanol–water partition coefficient (Wildman–Crippen LogP) is 0.556. The summed E-state index contributed by atoms with van der Waals surface area (Å²) in [4.78, 5) is 13.9. The fraction of sp³-hybridized carbons (Fsp3) is 0.462. The first kappa shape index (κ1) is 14.0. The van der Waals surface area contributed by atoms with Crippen molar-refractivity contribution in [3.63, 3.8) is 0 Å². The molecule has 104 valence electrons. The topological polar surface area (TPSA) is 66.5 Å². The van der Waals surface area contributed by atoms with Crippen LogP contribution < -0.4 is 10.2 Å². The first-order valence-corrected chi connectivity index (χ1v) is 8.15. The van der Waals surface area contributed by atoms with E-state index in [1.54, 1.807) is 4.90 Å². The molecule has 1 N–H and O–H groups in total. The van der Waals surface area contributed by atoms with Gasteiger partial charge in [0, 0.05) is 31.6 Å². The average molecular weight is 282 g/mol. The van der Waals surface area contributed by atoms with Crippen LogP contribution in [0, 0.1) is 0 Å². The van der Waals surface area contributed by atoms with Gasteiger partial charge in [0.1, 0.15) is 5.25 Å². The van der Waals surface area contributed by atoms with Gasteiger partial charge in [0.05, 0.1) is 0 Å². The number of nitrogens with zero attached hydrogens (tertiary/aromatic N) is 1. The Kier molecular flexibility index (Phi) is 3.91. The van der Waals surface area contributed by atoms with Crippen molar-refractivity contribution >= 4 is 21.4 Å². The molecule has 0 aromatic heterocycles. The van der Waals surface area contributed by atoms with Crippen molar-refractivity contribution in [2.45, 2.75) is 18.7 Å². The average Bonchev–Trinajstić information content (AvgIpc) is 2.58. The summed E-state index contributed by atoms with van der Waals surface area (Å²) in [7, 11) is -3.38. The Hall–Kier alpha value is -1.40. The number of anilines is 1. The number of hydrogen-bond donors (Lipinski definition) is 1. The Labute approximate surface area is 113 Å². The van der Waals surface area contributed by atoms with Gasteiger partial charge in [-0.25, -0.2) is 8.42 Å². The fourth-order valence-electron chi connectivity index (χ4n) is 2.09. The third kappa shape index (κ3) is 2.96. The van der Waals surface area contributed by atoms with Crippen LogP contribution in [0.2, 0.25) is 0 Å². The van der Waals surface area contributed by atoms with E-state index in [0.717, 1.165) is 17.5 Å². The van der Waals surface area contributed by atoms with Crippen LogP contribution in [0.4, 0.5) is 5.69 Å². The van der Waals surface area contributed by atoms with Crippen LogP contribution in [-0.2, 0) is 21.2 Å². The minimum Gasteiger partial charge on any atom is -0.311 e. The Morgan fingerprint density at radius 1 is 1.37 bits per heavy atom. The minimum atomic E-state index is -3.38. The smallest absolute Gasteiger partial charge is 0.245 e. The molecule has 2 rings (SSSR count). The first-order valence-electron chi connectivity index (χ1n) is 6.20. The molecule has 0 saturated carbocycles. The van der Waals surface area contributed by atoms with Gasteiger partial charge in [0.25, 0.3) is 0 Å². The number of fused-ring (bicyclic) bond motifs is 1. The maximum atomic E-state index is 12.4. The lowest BCUT2D eigenvalue weighted by molar-refractivity contribution is -0.117. The number of nitrogens with one attached hydrogen (secondary N) is 1. The van der Waals surface area contributed by atoms with Crippen LogP contribution in [-0.4, -0.2) is 38.9 Å². The lowest BCUT2D eigenvalue weighted by Gasteiger charge is -2.25. The zero-order valence-corrected chi connectivity index (χ0v) is 11.9. The number of para-hydroxylation sites is 1. The van der Waals surface area contributed by atoms with Gasteiger partial charge in [-0.05, 0) is 18.6 Å². The second-order valence-corrected chi connectivity index (χ2v) is 7.13. The van der Waals surface area contributed by atoms with E-state index in [1.807, 2.05) is 24.3 Å². The number of carbonyl (C=O) groups excluding carboxylic acids is 1. The molecule has 0 fully saturated rings. The van der Waals surface area contributed by atoms with Gasteiger partial charge in [-0.1, -0.05) is 18.2 Å². The van der Waals surface area contributed by atoms with Gasteiger partial charge < -0.3 is 10.2 Å². The number of amides is 1. The lowest BCUT2D eigenvalue weighted by atomic mass is 10.1. The second-order valence-electron chi connectivity index (χ2n) is 4.77. The molecule has 0 saturated heterocycles. The van der Waals surface area contributed by atoms with Gasteiger partial charge in [0.15, 0.2) is 9.84 Å². The molecule has 1 atom stereocenters. The van der Waals surface area contributed by atoms with E-state index in [4.69, 9.17) is 0 Å². The highest BCUT2D eigenvalue weighted by Crippen LogP contribution is 2.23. The summed E-state index contributed by atoms with van der Waals surface area (Å²) in [5.41, 5.74) is 1.81. The quantitative estimate of drug-likeness (QED) is 0.860. The SMILES string of the molecule is CC(C(=O)N1CCNCc2ccccc21)S(C)(=O)=O. The van der Waals surface area contributed by atoms with E-state index in [9.17, 15) is 13.2 Å². The predicted molar refractivity (Wildman–Crippen MR) is 74.8 cm³/mol. The zero-order valence-electron chi connectivity index (χ0n) is 11.1. The molecule has 19 heavy (non-hydrogen) atoms. The Morgan fingerprint density at radius 3 is 2.74 bits per heavy atom. The number of benzene rings is 1. The zero-order chi connectivity index (χ0) is 14.0. The molecule has 6 heteroatoms. The third-order valence-corrected chi connectivity index (χ3v) is 4.85. The molecule has 0 spiro atoms. The molecule has 1 aromatic rings. The van der Waals surface area contributed by atoms with Gasteiger partial charge >= 0.3 is 0 Å². The fourth-order valence-corrected chi connectivity index (χ4v) is 2.58. The van der Waals surface area contributed by atoms with Crippen LogP contribution in [0.25, 0.3) is 0 Å².